The van der Waals surface area contributed by atoms with Crippen LogP contribution in [0.5, 0.6) is 0 Å². The normalized spacial score (nSPS) is 10.6. The molecule has 0 spiro atoms. The van der Waals surface area contributed by atoms with Crippen LogP contribution in [0, 0.1) is 16.7 Å². The largest absolute Gasteiger partial charge is 0.288 e. The smallest absolute Gasteiger partial charge is 0.138 e. The first-order valence-electron chi connectivity index (χ1n) is 8.76. The monoisotopic (exact) mass is 341 g/mol. The number of rotatable bonds is 4. The molecule has 3 nitrogen and oxygen atoms in total. The highest BCUT2D eigenvalue weighted by atomic mass is 15.2. The summed E-state index contributed by atoms with van der Waals surface area (Å²) in [6.45, 7) is 3.96. The Morgan fingerprint density at radius 3 is 1.92 bits per heavy atom. The Bertz CT molecular complexity index is 899. The minimum absolute atomic E-state index is 0.0134. The lowest BCUT2D eigenvalue weighted by atomic mass is 10.0. The van der Waals surface area contributed by atoms with E-state index in [9.17, 15) is 0 Å². The van der Waals surface area contributed by atoms with E-state index < -0.39 is 0 Å². The van der Waals surface area contributed by atoms with Gasteiger partial charge < -0.3 is 0 Å². The topological polar surface area (TPSA) is 50.9 Å². The molecule has 26 heavy (non-hydrogen) atoms. The van der Waals surface area contributed by atoms with Gasteiger partial charge in [-0.1, -0.05) is 86.6 Å². The summed E-state index contributed by atoms with van der Waals surface area (Å²) in [6, 6.07) is 27.8. The van der Waals surface area contributed by atoms with E-state index in [-0.39, 0.29) is 5.92 Å². The zero-order valence-corrected chi connectivity index (χ0v) is 15.1. The molecule has 0 heterocycles. The molecular formula is C23H23N3. The molecule has 0 aliphatic rings. The molecule has 0 aliphatic heterocycles. The molecule has 0 radical (unpaired) electrons. The second-order valence-electron chi connectivity index (χ2n) is 6.51. The van der Waals surface area contributed by atoms with E-state index in [1.807, 2.05) is 80.6 Å². The van der Waals surface area contributed by atoms with Crippen molar-refractivity contribution in [3.63, 3.8) is 0 Å². The first-order chi connectivity index (χ1) is 12.6. The van der Waals surface area contributed by atoms with Crippen LogP contribution < -0.4 is 4.90 Å². The maximum Gasteiger partial charge on any atom is 0.138 e. The predicted molar refractivity (Wildman–Crippen MR) is 110 cm³/mol. The average molecular weight is 341 g/mol. The van der Waals surface area contributed by atoms with Crippen LogP contribution in [-0.4, -0.2) is 11.7 Å². The van der Waals surface area contributed by atoms with Crippen LogP contribution >= 0.6 is 0 Å². The highest BCUT2D eigenvalue weighted by molar-refractivity contribution is 6.23. The first kappa shape index (κ1) is 17.6. The fourth-order valence-corrected chi connectivity index (χ4v) is 2.83. The molecule has 3 aromatic rings. The molecule has 0 aromatic heterocycles. The van der Waals surface area contributed by atoms with Gasteiger partial charge in [-0.3, -0.25) is 15.7 Å². The van der Waals surface area contributed by atoms with Gasteiger partial charge in [0.1, 0.15) is 11.7 Å². The van der Waals surface area contributed by atoms with Crippen LogP contribution in [0.1, 0.15) is 19.4 Å². The maximum absolute atomic E-state index is 8.71. The SMILES string of the molecule is CC(C)C(=N)N(C(=N)c1ccccc1)c1cccc(-c2ccccc2)c1. The van der Waals surface area contributed by atoms with Gasteiger partial charge in [0.05, 0.1) is 0 Å². The maximum atomic E-state index is 8.71. The van der Waals surface area contributed by atoms with Crippen LogP contribution in [-0.2, 0) is 0 Å². The Labute approximate surface area is 155 Å². The second-order valence-corrected chi connectivity index (χ2v) is 6.51. The van der Waals surface area contributed by atoms with Gasteiger partial charge in [-0.2, -0.15) is 0 Å². The van der Waals surface area contributed by atoms with Gasteiger partial charge >= 0.3 is 0 Å². The van der Waals surface area contributed by atoms with E-state index in [1.165, 1.54) is 0 Å². The van der Waals surface area contributed by atoms with E-state index in [0.29, 0.717) is 11.7 Å². The van der Waals surface area contributed by atoms with Crippen LogP contribution in [0.3, 0.4) is 0 Å². The van der Waals surface area contributed by atoms with Gasteiger partial charge in [-0.25, -0.2) is 0 Å². The van der Waals surface area contributed by atoms with Crippen LogP contribution in [0.25, 0.3) is 11.1 Å². The molecule has 0 fully saturated rings. The van der Waals surface area contributed by atoms with Gasteiger partial charge in [-0.05, 0) is 23.3 Å². The number of hydrogen-bond donors (Lipinski definition) is 2. The highest BCUT2D eigenvalue weighted by Crippen LogP contribution is 2.27. The van der Waals surface area contributed by atoms with Gasteiger partial charge in [0.25, 0.3) is 0 Å². The fourth-order valence-electron chi connectivity index (χ4n) is 2.83. The Morgan fingerprint density at radius 2 is 1.31 bits per heavy atom. The van der Waals surface area contributed by atoms with Crippen molar-refractivity contribution >= 4 is 17.4 Å². The van der Waals surface area contributed by atoms with E-state index >= 15 is 0 Å². The zero-order valence-electron chi connectivity index (χ0n) is 15.1. The summed E-state index contributed by atoms with van der Waals surface area (Å²) in [4.78, 5) is 1.73. The summed E-state index contributed by atoms with van der Waals surface area (Å²) in [5, 5.41) is 17.3. The zero-order chi connectivity index (χ0) is 18.5. The predicted octanol–water partition coefficient (Wildman–Crippen LogP) is 5.82. The lowest BCUT2D eigenvalue weighted by molar-refractivity contribution is 0.859. The molecule has 0 unspecified atom stereocenters. The molecule has 3 aromatic carbocycles. The van der Waals surface area contributed by atoms with Gasteiger partial charge in [-0.15, -0.1) is 0 Å². The second kappa shape index (κ2) is 7.79. The lowest BCUT2D eigenvalue weighted by Crippen LogP contribution is -2.39. The van der Waals surface area contributed by atoms with Crippen molar-refractivity contribution < 1.29 is 0 Å². The Morgan fingerprint density at radius 1 is 0.731 bits per heavy atom. The minimum Gasteiger partial charge on any atom is -0.288 e. The first-order valence-corrected chi connectivity index (χ1v) is 8.76. The van der Waals surface area contributed by atoms with E-state index in [4.69, 9.17) is 10.8 Å². The number of nitrogens with zero attached hydrogens (tertiary/aromatic N) is 1. The molecule has 3 heteroatoms. The number of hydrogen-bond acceptors (Lipinski definition) is 2. The molecule has 0 saturated carbocycles. The summed E-state index contributed by atoms with van der Waals surface area (Å²) < 4.78 is 0. The van der Waals surface area contributed by atoms with Crippen LogP contribution in [0.15, 0.2) is 84.9 Å². The third kappa shape index (κ3) is 3.72. The van der Waals surface area contributed by atoms with Crippen molar-refractivity contribution in [2.24, 2.45) is 5.92 Å². The molecule has 0 aliphatic carbocycles. The molecular weight excluding hydrogens is 318 g/mol. The van der Waals surface area contributed by atoms with Crippen molar-refractivity contribution in [1.29, 1.82) is 10.8 Å². The molecule has 0 bridgehead atoms. The van der Waals surface area contributed by atoms with Crippen molar-refractivity contribution in [3.8, 4) is 11.1 Å². The minimum atomic E-state index is 0.0134. The van der Waals surface area contributed by atoms with Crippen molar-refractivity contribution in [1.82, 2.24) is 0 Å². The van der Waals surface area contributed by atoms with E-state index in [2.05, 4.69) is 18.2 Å². The molecule has 3 rings (SSSR count). The summed E-state index contributed by atoms with van der Waals surface area (Å²) in [5.41, 5.74) is 3.82. The van der Waals surface area contributed by atoms with Gasteiger partial charge in [0.2, 0.25) is 0 Å². The van der Waals surface area contributed by atoms with Gasteiger partial charge in [0.15, 0.2) is 0 Å². The van der Waals surface area contributed by atoms with Crippen LogP contribution in [0.2, 0.25) is 0 Å². The molecule has 0 saturated heterocycles. The summed E-state index contributed by atoms with van der Waals surface area (Å²) >= 11 is 0. The third-order valence-corrected chi connectivity index (χ3v) is 4.27. The molecule has 0 amide bonds. The van der Waals surface area contributed by atoms with Crippen molar-refractivity contribution in [2.75, 3.05) is 4.90 Å². The Kier molecular flexibility index (Phi) is 5.28. The Hall–Kier alpha value is -3.20. The van der Waals surface area contributed by atoms with Gasteiger partial charge in [0, 0.05) is 17.2 Å². The Balaban J connectivity index is 2.05. The highest BCUT2D eigenvalue weighted by Gasteiger charge is 2.21. The van der Waals surface area contributed by atoms with Crippen molar-refractivity contribution in [3.05, 3.63) is 90.5 Å². The number of amidine groups is 2. The molecule has 130 valence electrons. The summed E-state index contributed by atoms with van der Waals surface area (Å²) in [6.07, 6.45) is 0. The molecule has 2 N–H and O–H groups in total. The lowest BCUT2D eigenvalue weighted by Gasteiger charge is -2.28. The van der Waals surface area contributed by atoms with Crippen molar-refractivity contribution in [2.45, 2.75) is 13.8 Å². The van der Waals surface area contributed by atoms with E-state index in [1.54, 1.807) is 4.90 Å². The quantitative estimate of drug-likeness (QED) is 0.456. The van der Waals surface area contributed by atoms with Crippen LogP contribution in [0.4, 0.5) is 5.69 Å². The summed E-state index contributed by atoms with van der Waals surface area (Å²) in [7, 11) is 0. The van der Waals surface area contributed by atoms with E-state index in [0.717, 1.165) is 22.4 Å². The number of anilines is 1. The third-order valence-electron chi connectivity index (χ3n) is 4.27. The number of nitrogens with one attached hydrogen (secondary N) is 2. The summed E-state index contributed by atoms with van der Waals surface area (Å²) in [5.74, 6) is 0.734. The standard InChI is InChI=1S/C23H23N3/c1-17(2)22(24)26(23(25)19-12-7-4-8-13-19)21-15-9-14-20(16-21)18-10-5-3-6-11-18/h3-17,24-25H,1-2H3. The molecule has 0 atom stereocenters. The average Bonchev–Trinajstić information content (AvgIpc) is 2.69. The fraction of sp³-hybridized carbons (Fsp3) is 0.130. The number of benzene rings is 3.